The summed E-state index contributed by atoms with van der Waals surface area (Å²) in [6.45, 7) is 9.59. The number of likely N-dealkylation sites (tertiary alicyclic amines) is 1. The van der Waals surface area contributed by atoms with Crippen LogP contribution in [-0.4, -0.2) is 65.4 Å². The average molecular weight is 636 g/mol. The molecule has 0 bridgehead atoms. The predicted molar refractivity (Wildman–Crippen MR) is 158 cm³/mol. The van der Waals surface area contributed by atoms with Gasteiger partial charge in [0.25, 0.3) is 5.91 Å². The number of hydrogen-bond acceptors (Lipinski definition) is 8. The van der Waals surface area contributed by atoms with Crippen LogP contribution < -0.4 is 15.4 Å². The Morgan fingerprint density at radius 2 is 1.93 bits per heavy atom. The highest BCUT2D eigenvalue weighted by molar-refractivity contribution is 7.91. The van der Waals surface area contributed by atoms with E-state index in [1.807, 2.05) is 20.8 Å². The van der Waals surface area contributed by atoms with Crippen LogP contribution >= 0.6 is 11.3 Å². The Kier molecular flexibility index (Phi) is 8.14. The number of halogens is 2. The first-order valence-corrected chi connectivity index (χ1v) is 16.6. The van der Waals surface area contributed by atoms with Gasteiger partial charge in [0.2, 0.25) is 21.8 Å². The second-order valence-electron chi connectivity index (χ2n) is 12.5. The monoisotopic (exact) mass is 635 g/mol. The van der Waals surface area contributed by atoms with Gasteiger partial charge in [0, 0.05) is 23.4 Å². The Balaban J connectivity index is 1.32. The van der Waals surface area contributed by atoms with Crippen molar-refractivity contribution in [2.75, 3.05) is 11.9 Å². The Morgan fingerprint density at radius 1 is 1.21 bits per heavy atom. The van der Waals surface area contributed by atoms with Gasteiger partial charge in [-0.3, -0.25) is 19.1 Å². The van der Waals surface area contributed by atoms with E-state index in [2.05, 4.69) is 26.9 Å². The minimum absolute atomic E-state index is 0.0000138. The first-order valence-electron chi connectivity index (χ1n) is 14.1. The van der Waals surface area contributed by atoms with Gasteiger partial charge in [-0.1, -0.05) is 26.8 Å². The summed E-state index contributed by atoms with van der Waals surface area (Å²) in [5, 5.41) is 7.19. The number of sulfonamides is 1. The highest BCUT2D eigenvalue weighted by atomic mass is 32.2. The van der Waals surface area contributed by atoms with Crippen molar-refractivity contribution in [3.8, 4) is 11.3 Å². The topological polar surface area (TPSA) is 138 Å². The molecule has 4 atom stereocenters. The van der Waals surface area contributed by atoms with Crippen molar-refractivity contribution >= 4 is 44.2 Å². The molecule has 14 heteroatoms. The maximum absolute atomic E-state index is 14.3. The smallest absolute Gasteiger partial charge is 0.259 e. The number of carbonyl (C=O) groups excluding carboxylic acids is 3. The second-order valence-corrected chi connectivity index (χ2v) is 15.3. The molecule has 2 heterocycles. The summed E-state index contributed by atoms with van der Waals surface area (Å²) in [7, 11) is -3.82. The van der Waals surface area contributed by atoms with E-state index in [0.29, 0.717) is 37.4 Å². The highest BCUT2D eigenvalue weighted by Gasteiger charge is 2.61. The largest absolute Gasteiger partial charge is 0.349 e. The summed E-state index contributed by atoms with van der Waals surface area (Å²) < 4.78 is 55.0. The first-order chi connectivity index (χ1) is 20.2. The van der Waals surface area contributed by atoms with Gasteiger partial charge >= 0.3 is 0 Å². The number of nitrogens with zero attached hydrogens (tertiary/aromatic N) is 2. The van der Waals surface area contributed by atoms with Gasteiger partial charge in [-0.2, -0.15) is 0 Å². The third kappa shape index (κ3) is 6.30. The zero-order chi connectivity index (χ0) is 31.3. The number of amides is 3. The van der Waals surface area contributed by atoms with E-state index in [9.17, 15) is 31.6 Å². The highest BCUT2D eigenvalue weighted by Crippen LogP contribution is 2.45. The molecule has 1 aliphatic heterocycles. The van der Waals surface area contributed by atoms with Gasteiger partial charge in [0.15, 0.2) is 5.13 Å². The Morgan fingerprint density at radius 3 is 2.56 bits per heavy atom. The van der Waals surface area contributed by atoms with Crippen LogP contribution in [0.1, 0.15) is 52.9 Å². The van der Waals surface area contributed by atoms with Crippen LogP contribution in [0.15, 0.2) is 36.2 Å². The molecule has 2 saturated carbocycles. The Bertz CT molecular complexity index is 1570. The van der Waals surface area contributed by atoms with Crippen molar-refractivity contribution < 1.29 is 31.6 Å². The number of thiazole rings is 1. The van der Waals surface area contributed by atoms with E-state index in [1.54, 1.807) is 5.38 Å². The standard InChI is InChI=1S/C29H35F2N5O5S2/c1-5-16-14-29(16,26(39)35-43(40,41)18-9-10-18)34-24(37)22-7-6-12-36(22)25(38)23(28(2,3)4)33-27-32-21(15-42-27)19-13-17(30)8-11-20(19)31/h5,8,11,13,15-16,18,22-23H,1,6-7,9-10,12,14H2,2-4H3,(H,32,33)(H,34,37)(H,35,39)/t16-,22+,23-,29-/m1/s1. The number of aromatic nitrogens is 1. The van der Waals surface area contributed by atoms with Crippen LogP contribution in [-0.2, 0) is 24.4 Å². The van der Waals surface area contributed by atoms with Gasteiger partial charge in [0.1, 0.15) is 29.3 Å². The zero-order valence-corrected chi connectivity index (χ0v) is 25.8. The second kappa shape index (κ2) is 11.3. The van der Waals surface area contributed by atoms with E-state index >= 15 is 0 Å². The number of hydrogen-bond donors (Lipinski definition) is 3. The van der Waals surface area contributed by atoms with Crippen LogP contribution in [0.3, 0.4) is 0 Å². The molecule has 1 aromatic carbocycles. The lowest BCUT2D eigenvalue weighted by molar-refractivity contribution is -0.141. The van der Waals surface area contributed by atoms with Gasteiger partial charge in [-0.25, -0.2) is 22.2 Å². The minimum Gasteiger partial charge on any atom is -0.349 e. The number of rotatable bonds is 10. The zero-order valence-electron chi connectivity index (χ0n) is 24.2. The van der Waals surface area contributed by atoms with Crippen LogP contribution in [0.5, 0.6) is 0 Å². The lowest BCUT2D eigenvalue weighted by Crippen LogP contribution is -2.58. The first kappa shape index (κ1) is 31.0. The molecule has 5 rings (SSSR count). The summed E-state index contributed by atoms with van der Waals surface area (Å²) in [5.74, 6) is -3.36. The summed E-state index contributed by atoms with van der Waals surface area (Å²) in [6, 6.07) is 1.39. The fraction of sp³-hybridized carbons (Fsp3) is 0.517. The van der Waals surface area contributed by atoms with E-state index in [1.165, 1.54) is 11.0 Å². The molecule has 3 aliphatic rings. The van der Waals surface area contributed by atoms with E-state index in [-0.39, 0.29) is 23.6 Å². The van der Waals surface area contributed by atoms with Crippen molar-refractivity contribution in [2.45, 2.75) is 75.7 Å². The summed E-state index contributed by atoms with van der Waals surface area (Å²) >= 11 is 1.14. The summed E-state index contributed by atoms with van der Waals surface area (Å²) in [5.41, 5.74) is -1.86. The van der Waals surface area contributed by atoms with Crippen LogP contribution in [0, 0.1) is 23.0 Å². The maximum Gasteiger partial charge on any atom is 0.259 e. The molecule has 0 radical (unpaired) electrons. The van der Waals surface area contributed by atoms with Gasteiger partial charge in [-0.05, 0) is 55.7 Å². The number of benzene rings is 1. The molecule has 1 aromatic heterocycles. The number of anilines is 1. The third-order valence-corrected chi connectivity index (χ3v) is 10.8. The molecule has 10 nitrogen and oxygen atoms in total. The minimum atomic E-state index is -3.82. The average Bonchev–Trinajstić information content (AvgIpc) is 3.80. The predicted octanol–water partition coefficient (Wildman–Crippen LogP) is 3.58. The molecule has 2 aromatic rings. The van der Waals surface area contributed by atoms with Crippen molar-refractivity contribution in [2.24, 2.45) is 11.3 Å². The molecule has 0 spiro atoms. The fourth-order valence-electron chi connectivity index (χ4n) is 5.42. The van der Waals surface area contributed by atoms with Gasteiger partial charge in [-0.15, -0.1) is 17.9 Å². The van der Waals surface area contributed by atoms with E-state index < -0.39 is 67.7 Å². The fourth-order valence-corrected chi connectivity index (χ4v) is 7.52. The maximum atomic E-state index is 14.3. The molecule has 43 heavy (non-hydrogen) atoms. The van der Waals surface area contributed by atoms with Crippen LogP contribution in [0.4, 0.5) is 13.9 Å². The molecule has 3 fully saturated rings. The lowest BCUT2D eigenvalue weighted by Gasteiger charge is -2.35. The lowest BCUT2D eigenvalue weighted by atomic mass is 9.85. The molecular weight excluding hydrogens is 600 g/mol. The molecule has 232 valence electrons. The Hall–Kier alpha value is -3.39. The van der Waals surface area contributed by atoms with Crippen LogP contribution in [0.25, 0.3) is 11.3 Å². The molecule has 1 saturated heterocycles. The molecule has 3 amide bonds. The number of carbonyl (C=O) groups is 3. The van der Waals surface area contributed by atoms with Crippen molar-refractivity contribution in [1.82, 2.24) is 19.9 Å². The van der Waals surface area contributed by atoms with E-state index in [4.69, 9.17) is 0 Å². The van der Waals surface area contributed by atoms with Crippen molar-refractivity contribution in [1.29, 1.82) is 0 Å². The number of nitrogens with one attached hydrogen (secondary N) is 3. The van der Waals surface area contributed by atoms with Gasteiger partial charge in [0.05, 0.1) is 10.9 Å². The van der Waals surface area contributed by atoms with Crippen LogP contribution in [0.2, 0.25) is 0 Å². The van der Waals surface area contributed by atoms with E-state index in [0.717, 1.165) is 29.5 Å². The molecule has 3 N–H and O–H groups in total. The third-order valence-electron chi connectivity index (χ3n) is 8.18. The normalized spacial score (nSPS) is 24.3. The van der Waals surface area contributed by atoms with Crippen molar-refractivity contribution in [3.05, 3.63) is 47.9 Å². The van der Waals surface area contributed by atoms with Gasteiger partial charge < -0.3 is 15.5 Å². The summed E-state index contributed by atoms with van der Waals surface area (Å²) in [6.07, 6.45) is 3.61. The summed E-state index contributed by atoms with van der Waals surface area (Å²) in [4.78, 5) is 46.5. The SMILES string of the molecule is C=C[C@@H]1C[C@]1(NC(=O)[C@@H]1CCCN1C(=O)[C@@H](Nc1nc(-c2cc(F)ccc2F)cs1)C(C)(C)C)C(=O)NS(=O)(=O)C1CC1. The quantitative estimate of drug-likeness (QED) is 0.340. The Labute approximate surface area is 253 Å². The van der Waals surface area contributed by atoms with Crippen molar-refractivity contribution in [3.63, 3.8) is 0 Å². The molecule has 0 unspecified atom stereocenters. The molecular formula is C29H35F2N5O5S2. The molecule has 2 aliphatic carbocycles.